The number of thioether (sulfide) groups is 1. The van der Waals surface area contributed by atoms with Gasteiger partial charge >= 0.3 is 0 Å². The molecule has 1 aliphatic heterocycles. The van der Waals surface area contributed by atoms with Gasteiger partial charge in [0.05, 0.1) is 5.75 Å². The molecule has 6 nitrogen and oxygen atoms in total. The van der Waals surface area contributed by atoms with Crippen LogP contribution in [-0.2, 0) is 16.6 Å². The van der Waals surface area contributed by atoms with Crippen LogP contribution in [0, 0.1) is 5.82 Å². The number of halogens is 1. The molecule has 9 heteroatoms. The molecule has 25 heavy (non-hydrogen) atoms. The molecule has 1 N–H and O–H groups in total. The van der Waals surface area contributed by atoms with E-state index in [4.69, 9.17) is 0 Å². The van der Waals surface area contributed by atoms with Crippen molar-refractivity contribution in [3.05, 3.63) is 35.6 Å². The average Bonchev–Trinajstić information content (AvgIpc) is 2.61. The third kappa shape index (κ3) is 6.16. The lowest BCUT2D eigenvalue weighted by Crippen LogP contribution is -2.44. The second-order valence-corrected chi connectivity index (χ2v) is 9.10. The summed E-state index contributed by atoms with van der Waals surface area (Å²) < 4.78 is 39.2. The first-order chi connectivity index (χ1) is 11.9. The first-order valence-corrected chi connectivity index (χ1v) is 10.9. The van der Waals surface area contributed by atoms with Crippen LogP contribution in [-0.4, -0.2) is 74.6 Å². The van der Waals surface area contributed by atoms with Gasteiger partial charge in [0.1, 0.15) is 5.82 Å². The zero-order valence-corrected chi connectivity index (χ0v) is 16.2. The Labute approximate surface area is 153 Å². The molecule has 0 radical (unpaired) electrons. The number of benzene rings is 1. The Balaban J connectivity index is 1.83. The highest BCUT2D eigenvalue weighted by molar-refractivity contribution is 7.99. The van der Waals surface area contributed by atoms with Crippen LogP contribution in [0.25, 0.3) is 0 Å². The van der Waals surface area contributed by atoms with E-state index in [9.17, 15) is 12.8 Å². The SMILES string of the molecule is CN=C(NCCS(=O)(=O)N1CCSCC1)N(C)Cc1ccc(F)cc1. The fraction of sp³-hybridized carbons (Fsp3) is 0.562. The third-order valence-electron chi connectivity index (χ3n) is 3.91. The second kappa shape index (κ2) is 9.40. The average molecular weight is 389 g/mol. The highest BCUT2D eigenvalue weighted by atomic mass is 32.2. The number of guanidine groups is 1. The van der Waals surface area contributed by atoms with Crippen molar-refractivity contribution >= 4 is 27.7 Å². The molecule has 0 spiro atoms. The molecular weight excluding hydrogens is 363 g/mol. The summed E-state index contributed by atoms with van der Waals surface area (Å²) in [5.74, 6) is 2.09. The third-order valence-corrected chi connectivity index (χ3v) is 6.73. The number of rotatable bonds is 6. The summed E-state index contributed by atoms with van der Waals surface area (Å²) in [7, 11) is 0.275. The molecule has 0 bridgehead atoms. The molecule has 0 aromatic heterocycles. The van der Waals surface area contributed by atoms with E-state index in [-0.39, 0.29) is 11.6 Å². The maximum Gasteiger partial charge on any atom is 0.215 e. The number of sulfonamides is 1. The van der Waals surface area contributed by atoms with Crippen LogP contribution in [0.5, 0.6) is 0 Å². The molecular formula is C16H25FN4O2S2. The summed E-state index contributed by atoms with van der Waals surface area (Å²) in [6, 6.07) is 6.28. The molecule has 0 saturated carbocycles. The number of aliphatic imine (C=N–C) groups is 1. The second-order valence-electron chi connectivity index (χ2n) is 5.78. The molecule has 0 unspecified atom stereocenters. The molecule has 1 aromatic rings. The van der Waals surface area contributed by atoms with Crippen LogP contribution < -0.4 is 5.32 Å². The number of hydrogen-bond acceptors (Lipinski definition) is 4. The van der Waals surface area contributed by atoms with Gasteiger partial charge < -0.3 is 10.2 Å². The topological polar surface area (TPSA) is 65.0 Å². The zero-order chi connectivity index (χ0) is 18.3. The Morgan fingerprint density at radius 1 is 1.32 bits per heavy atom. The molecule has 1 aromatic carbocycles. The standard InChI is InChI=1S/C16H25FN4O2S2/c1-18-16(20(2)13-14-3-5-15(17)6-4-14)19-7-12-25(22,23)21-8-10-24-11-9-21/h3-6H,7-13H2,1-2H3,(H,18,19). The highest BCUT2D eigenvalue weighted by Crippen LogP contribution is 2.13. The summed E-state index contributed by atoms with van der Waals surface area (Å²) in [5, 5.41) is 3.09. The minimum absolute atomic E-state index is 0.0427. The Morgan fingerprint density at radius 2 is 1.96 bits per heavy atom. The van der Waals surface area contributed by atoms with Crippen LogP contribution in [0.4, 0.5) is 4.39 Å². The van der Waals surface area contributed by atoms with E-state index in [1.54, 1.807) is 35.2 Å². The largest absolute Gasteiger partial charge is 0.355 e. The monoisotopic (exact) mass is 388 g/mol. The summed E-state index contributed by atoms with van der Waals surface area (Å²) in [6.07, 6.45) is 0. The number of hydrogen-bond donors (Lipinski definition) is 1. The van der Waals surface area contributed by atoms with E-state index in [1.165, 1.54) is 12.1 Å². The van der Waals surface area contributed by atoms with Crippen molar-refractivity contribution in [2.45, 2.75) is 6.54 Å². The Morgan fingerprint density at radius 3 is 2.56 bits per heavy atom. The van der Waals surface area contributed by atoms with Crippen LogP contribution in [0.15, 0.2) is 29.3 Å². The number of nitrogens with zero attached hydrogens (tertiary/aromatic N) is 3. The maximum absolute atomic E-state index is 13.0. The van der Waals surface area contributed by atoms with E-state index in [2.05, 4.69) is 10.3 Å². The fourth-order valence-corrected chi connectivity index (χ4v) is 5.06. The van der Waals surface area contributed by atoms with Crippen molar-refractivity contribution in [1.29, 1.82) is 0 Å². The quantitative estimate of drug-likeness (QED) is 0.586. The van der Waals surface area contributed by atoms with E-state index in [0.717, 1.165) is 17.1 Å². The van der Waals surface area contributed by atoms with Crippen LogP contribution in [0.3, 0.4) is 0 Å². The van der Waals surface area contributed by atoms with Crippen molar-refractivity contribution in [2.24, 2.45) is 4.99 Å². The fourth-order valence-electron chi connectivity index (χ4n) is 2.57. The summed E-state index contributed by atoms with van der Waals surface area (Å²) in [6.45, 7) is 2.03. The Kier molecular flexibility index (Phi) is 7.52. The van der Waals surface area contributed by atoms with Gasteiger partial charge in [0.2, 0.25) is 10.0 Å². The summed E-state index contributed by atoms with van der Waals surface area (Å²) in [4.78, 5) is 6.05. The van der Waals surface area contributed by atoms with Gasteiger partial charge in [-0.1, -0.05) is 12.1 Å². The van der Waals surface area contributed by atoms with E-state index in [0.29, 0.717) is 32.1 Å². The van der Waals surface area contributed by atoms with Gasteiger partial charge in [-0.05, 0) is 17.7 Å². The van der Waals surface area contributed by atoms with Gasteiger partial charge in [-0.15, -0.1) is 0 Å². The lowest BCUT2D eigenvalue weighted by atomic mass is 10.2. The molecule has 1 aliphatic rings. The molecule has 1 saturated heterocycles. The predicted octanol–water partition coefficient (Wildman–Crippen LogP) is 1.21. The molecule has 0 amide bonds. The first-order valence-electron chi connectivity index (χ1n) is 8.14. The molecule has 0 aliphatic carbocycles. The predicted molar refractivity (Wildman–Crippen MR) is 102 cm³/mol. The van der Waals surface area contributed by atoms with Gasteiger partial charge in [0.15, 0.2) is 5.96 Å². The van der Waals surface area contributed by atoms with Crippen LogP contribution in [0.1, 0.15) is 5.56 Å². The van der Waals surface area contributed by atoms with Crippen molar-refractivity contribution in [2.75, 3.05) is 51.0 Å². The van der Waals surface area contributed by atoms with Crippen molar-refractivity contribution < 1.29 is 12.8 Å². The highest BCUT2D eigenvalue weighted by Gasteiger charge is 2.23. The van der Waals surface area contributed by atoms with Crippen molar-refractivity contribution in [3.63, 3.8) is 0 Å². The molecule has 0 atom stereocenters. The van der Waals surface area contributed by atoms with Crippen molar-refractivity contribution in [1.82, 2.24) is 14.5 Å². The summed E-state index contributed by atoms with van der Waals surface area (Å²) in [5.41, 5.74) is 0.949. The normalized spacial score (nSPS) is 16.7. The van der Waals surface area contributed by atoms with E-state index >= 15 is 0 Å². The zero-order valence-electron chi connectivity index (χ0n) is 14.6. The van der Waals surface area contributed by atoms with Gasteiger partial charge in [-0.25, -0.2) is 17.1 Å². The minimum Gasteiger partial charge on any atom is -0.355 e. The lowest BCUT2D eigenvalue weighted by molar-refractivity contribution is 0.442. The Bertz CT molecular complexity index is 674. The Hall–Kier alpha value is -1.32. The maximum atomic E-state index is 13.0. The first kappa shape index (κ1) is 20.0. The smallest absolute Gasteiger partial charge is 0.215 e. The van der Waals surface area contributed by atoms with E-state index in [1.807, 2.05) is 11.9 Å². The van der Waals surface area contributed by atoms with Gasteiger partial charge in [-0.2, -0.15) is 11.8 Å². The van der Waals surface area contributed by atoms with Crippen molar-refractivity contribution in [3.8, 4) is 0 Å². The van der Waals surface area contributed by atoms with Gasteiger partial charge in [0, 0.05) is 51.8 Å². The number of nitrogens with one attached hydrogen (secondary N) is 1. The molecule has 2 rings (SSSR count). The molecule has 1 heterocycles. The molecule has 140 valence electrons. The van der Waals surface area contributed by atoms with Gasteiger partial charge in [-0.3, -0.25) is 4.99 Å². The lowest BCUT2D eigenvalue weighted by Gasteiger charge is -2.26. The van der Waals surface area contributed by atoms with E-state index < -0.39 is 10.0 Å². The minimum atomic E-state index is -3.23. The summed E-state index contributed by atoms with van der Waals surface area (Å²) >= 11 is 1.78. The van der Waals surface area contributed by atoms with Crippen LogP contribution >= 0.6 is 11.8 Å². The molecule has 1 fully saturated rings. The van der Waals surface area contributed by atoms with Gasteiger partial charge in [0.25, 0.3) is 0 Å². The van der Waals surface area contributed by atoms with Crippen LogP contribution in [0.2, 0.25) is 0 Å².